The average molecular weight is 352 g/mol. The third-order valence-corrected chi connectivity index (χ3v) is 4.87. The molecule has 0 radical (unpaired) electrons. The zero-order valence-corrected chi connectivity index (χ0v) is 14.6. The molecule has 134 valence electrons. The molecule has 0 atom stereocenters. The number of hydrogen-bond donors (Lipinski definition) is 1. The molecule has 0 saturated heterocycles. The lowest BCUT2D eigenvalue weighted by atomic mass is 10.1. The van der Waals surface area contributed by atoms with Crippen LogP contribution in [0.2, 0.25) is 0 Å². The van der Waals surface area contributed by atoms with Crippen molar-refractivity contribution in [3.63, 3.8) is 0 Å². The maximum Gasteiger partial charge on any atom is 0.305 e. The second-order valence-electron chi connectivity index (χ2n) is 6.37. The Morgan fingerprint density at radius 2 is 2.12 bits per heavy atom. The number of nitrogens with zero attached hydrogens (tertiary/aromatic N) is 3. The molecule has 2 aromatic heterocycles. The normalized spacial score (nSPS) is 13.7. The third-order valence-electron chi connectivity index (χ3n) is 4.87. The monoisotopic (exact) mass is 352 g/mol. The van der Waals surface area contributed by atoms with E-state index in [1.54, 1.807) is 12.4 Å². The Kier molecular flexibility index (Phi) is 4.20. The number of amides is 1. The maximum atomic E-state index is 13.0. The highest BCUT2D eigenvalue weighted by Gasteiger charge is 2.25. The van der Waals surface area contributed by atoms with Crippen LogP contribution in [0.5, 0.6) is 0 Å². The minimum absolute atomic E-state index is 0.00723. The Hall–Kier alpha value is -3.09. The molecule has 0 unspecified atom stereocenters. The number of aryl methyl sites for hydroxylation is 1. The Balaban J connectivity index is 1.51. The number of H-pyrrole nitrogens is 1. The van der Waals surface area contributed by atoms with E-state index >= 15 is 0 Å². The van der Waals surface area contributed by atoms with Gasteiger partial charge in [0, 0.05) is 42.1 Å². The Morgan fingerprint density at radius 3 is 2.96 bits per heavy atom. The van der Waals surface area contributed by atoms with Crippen molar-refractivity contribution in [3.8, 4) is 0 Å². The first-order chi connectivity index (χ1) is 12.7. The quantitative estimate of drug-likeness (QED) is 0.730. The Labute approximate surface area is 150 Å². The first-order valence-corrected chi connectivity index (χ1v) is 8.63. The van der Waals surface area contributed by atoms with E-state index in [4.69, 9.17) is 4.74 Å². The molecule has 1 aliphatic rings. The van der Waals surface area contributed by atoms with Gasteiger partial charge in [-0.3, -0.25) is 9.59 Å². The summed E-state index contributed by atoms with van der Waals surface area (Å²) >= 11 is 0. The number of carbonyl (C=O) groups is 2. The fourth-order valence-corrected chi connectivity index (χ4v) is 3.45. The third kappa shape index (κ3) is 2.85. The van der Waals surface area contributed by atoms with Gasteiger partial charge >= 0.3 is 5.97 Å². The second kappa shape index (κ2) is 6.67. The lowest BCUT2D eigenvalue weighted by Gasteiger charge is -2.28. The largest absolute Gasteiger partial charge is 0.469 e. The molecule has 1 amide bonds. The van der Waals surface area contributed by atoms with Crippen molar-refractivity contribution in [2.24, 2.45) is 0 Å². The number of rotatable bonds is 4. The molecule has 3 aromatic rings. The first-order valence-electron chi connectivity index (χ1n) is 8.63. The minimum Gasteiger partial charge on any atom is -0.469 e. The molecule has 1 aromatic carbocycles. The van der Waals surface area contributed by atoms with Gasteiger partial charge < -0.3 is 19.2 Å². The lowest BCUT2D eigenvalue weighted by molar-refractivity contribution is -0.140. The van der Waals surface area contributed by atoms with Crippen molar-refractivity contribution < 1.29 is 14.3 Å². The highest BCUT2D eigenvalue weighted by molar-refractivity contribution is 6.06. The smallest absolute Gasteiger partial charge is 0.305 e. The van der Waals surface area contributed by atoms with Gasteiger partial charge in [0.25, 0.3) is 5.91 Å². The number of aromatic nitrogens is 3. The Bertz CT molecular complexity index is 972. The van der Waals surface area contributed by atoms with Crippen LogP contribution >= 0.6 is 0 Å². The molecule has 0 spiro atoms. The van der Waals surface area contributed by atoms with Gasteiger partial charge in [0.2, 0.25) is 0 Å². The number of hydrogen-bond acceptors (Lipinski definition) is 4. The van der Waals surface area contributed by atoms with E-state index in [-0.39, 0.29) is 11.9 Å². The number of methoxy groups -OCH3 is 1. The van der Waals surface area contributed by atoms with E-state index < -0.39 is 0 Å². The SMILES string of the molecule is COC(=O)CCc1cnc2n1CCN(C(=O)c1c[nH]c3ccccc13)C2. The molecule has 0 bridgehead atoms. The molecule has 1 aliphatic heterocycles. The number of nitrogens with one attached hydrogen (secondary N) is 1. The van der Waals surface area contributed by atoms with Gasteiger partial charge in [-0.05, 0) is 12.5 Å². The predicted octanol–water partition coefficient (Wildman–Crippen LogP) is 2.13. The summed E-state index contributed by atoms with van der Waals surface area (Å²) < 4.78 is 6.79. The molecular weight excluding hydrogens is 332 g/mol. The number of esters is 1. The molecule has 0 aliphatic carbocycles. The van der Waals surface area contributed by atoms with Gasteiger partial charge in [-0.1, -0.05) is 18.2 Å². The van der Waals surface area contributed by atoms with Gasteiger partial charge in [0.05, 0.1) is 25.6 Å². The van der Waals surface area contributed by atoms with Crippen LogP contribution in [-0.4, -0.2) is 45.0 Å². The molecule has 7 nitrogen and oxygen atoms in total. The van der Waals surface area contributed by atoms with Crippen LogP contribution in [-0.2, 0) is 29.0 Å². The molecule has 0 fully saturated rings. The van der Waals surface area contributed by atoms with Gasteiger partial charge in [-0.2, -0.15) is 0 Å². The highest BCUT2D eigenvalue weighted by atomic mass is 16.5. The van der Waals surface area contributed by atoms with E-state index in [9.17, 15) is 9.59 Å². The highest BCUT2D eigenvalue weighted by Crippen LogP contribution is 2.22. The minimum atomic E-state index is -0.229. The van der Waals surface area contributed by atoms with E-state index in [0.717, 1.165) is 22.4 Å². The van der Waals surface area contributed by atoms with Crippen LogP contribution in [0, 0.1) is 0 Å². The van der Waals surface area contributed by atoms with Gasteiger partial charge in [-0.15, -0.1) is 0 Å². The maximum absolute atomic E-state index is 13.0. The van der Waals surface area contributed by atoms with Gasteiger partial charge in [-0.25, -0.2) is 4.98 Å². The topological polar surface area (TPSA) is 80.2 Å². The van der Waals surface area contributed by atoms with Crippen molar-refractivity contribution in [2.75, 3.05) is 13.7 Å². The van der Waals surface area contributed by atoms with Crippen molar-refractivity contribution in [1.29, 1.82) is 0 Å². The summed E-state index contributed by atoms with van der Waals surface area (Å²) in [4.78, 5) is 33.7. The number of benzene rings is 1. The molecule has 4 rings (SSSR count). The van der Waals surface area contributed by atoms with E-state index in [1.165, 1.54) is 7.11 Å². The fraction of sp³-hybridized carbons (Fsp3) is 0.316. The van der Waals surface area contributed by atoms with Crippen molar-refractivity contribution in [2.45, 2.75) is 25.9 Å². The molecule has 7 heteroatoms. The van der Waals surface area contributed by atoms with Crippen molar-refractivity contribution in [1.82, 2.24) is 19.4 Å². The summed E-state index contributed by atoms with van der Waals surface area (Å²) in [5.41, 5.74) is 2.65. The average Bonchev–Trinajstić information content (AvgIpc) is 3.29. The van der Waals surface area contributed by atoms with Gasteiger partial charge in [0.15, 0.2) is 0 Å². The van der Waals surface area contributed by atoms with Crippen LogP contribution in [0.15, 0.2) is 36.7 Å². The summed E-state index contributed by atoms with van der Waals surface area (Å²) in [5.74, 6) is 0.629. The number of para-hydroxylation sites is 1. The number of aromatic amines is 1. The Morgan fingerprint density at radius 1 is 1.27 bits per heavy atom. The predicted molar refractivity (Wildman–Crippen MR) is 95.6 cm³/mol. The van der Waals surface area contributed by atoms with E-state index in [0.29, 0.717) is 38.0 Å². The zero-order chi connectivity index (χ0) is 18.1. The second-order valence-corrected chi connectivity index (χ2v) is 6.37. The fourth-order valence-electron chi connectivity index (χ4n) is 3.45. The van der Waals surface area contributed by atoms with Crippen LogP contribution in [0.4, 0.5) is 0 Å². The summed E-state index contributed by atoms with van der Waals surface area (Å²) in [7, 11) is 1.39. The van der Waals surface area contributed by atoms with Crippen LogP contribution in [0.25, 0.3) is 10.9 Å². The van der Waals surface area contributed by atoms with Crippen LogP contribution < -0.4 is 0 Å². The standard InChI is InChI=1S/C19H20N4O3/c1-26-18(24)7-6-13-10-21-17-12-22(8-9-23(13)17)19(25)15-11-20-16-5-3-2-4-14(15)16/h2-5,10-11,20H,6-9,12H2,1H3. The van der Waals surface area contributed by atoms with Crippen molar-refractivity contribution in [3.05, 3.63) is 53.7 Å². The molecule has 26 heavy (non-hydrogen) atoms. The van der Waals surface area contributed by atoms with E-state index in [2.05, 4.69) is 14.5 Å². The number of fused-ring (bicyclic) bond motifs is 2. The zero-order valence-electron chi connectivity index (χ0n) is 14.6. The molecule has 0 saturated carbocycles. The summed E-state index contributed by atoms with van der Waals surface area (Å²) in [5, 5.41) is 0.935. The molecular formula is C19H20N4O3. The first kappa shape index (κ1) is 16.4. The van der Waals surface area contributed by atoms with Crippen LogP contribution in [0.3, 0.4) is 0 Å². The van der Waals surface area contributed by atoms with Crippen LogP contribution in [0.1, 0.15) is 28.3 Å². The lowest BCUT2D eigenvalue weighted by Crippen LogP contribution is -2.38. The van der Waals surface area contributed by atoms with Crippen molar-refractivity contribution >= 4 is 22.8 Å². The summed E-state index contributed by atoms with van der Waals surface area (Å²) in [6.07, 6.45) is 4.49. The van der Waals surface area contributed by atoms with E-state index in [1.807, 2.05) is 29.2 Å². The van der Waals surface area contributed by atoms with Gasteiger partial charge in [0.1, 0.15) is 5.82 Å². The number of carbonyl (C=O) groups excluding carboxylic acids is 2. The number of imidazole rings is 1. The number of ether oxygens (including phenoxy) is 1. The molecule has 3 heterocycles. The summed E-state index contributed by atoms with van der Waals surface area (Å²) in [6, 6.07) is 7.79. The summed E-state index contributed by atoms with van der Waals surface area (Å²) in [6.45, 7) is 1.77. The molecule has 1 N–H and O–H groups in total.